The van der Waals surface area contributed by atoms with Crippen LogP contribution in [-0.2, 0) is 11.2 Å². The van der Waals surface area contributed by atoms with Crippen molar-refractivity contribution in [2.75, 3.05) is 11.1 Å². The van der Waals surface area contributed by atoms with E-state index in [2.05, 4.69) is 67.5 Å². The molecule has 0 fully saturated rings. The van der Waals surface area contributed by atoms with Gasteiger partial charge in [0.1, 0.15) is 5.03 Å². The first kappa shape index (κ1) is 22.0. The molecule has 4 nitrogen and oxygen atoms in total. The Hall–Kier alpha value is -2.66. The van der Waals surface area contributed by atoms with Crippen LogP contribution in [0.15, 0.2) is 53.6 Å². The maximum atomic E-state index is 12.3. The van der Waals surface area contributed by atoms with E-state index in [4.69, 9.17) is 0 Å². The number of carbonyl (C=O) groups excluding carboxylic acids is 1. The topological polar surface area (TPSA) is 54.9 Å². The number of anilines is 1. The lowest BCUT2D eigenvalue weighted by Crippen LogP contribution is -2.14. The standard InChI is InChI=1S/C25H29N3OS/c1-5-6-7-20-8-10-21(11-9-20)26-24(29)16-30-25-13-12-23(27-28-25)22-15-18(3)17(2)14-19(22)4/h8-15H,5-7,16H2,1-4H3,(H,26,29). The number of aryl methyl sites for hydroxylation is 4. The Bertz CT molecular complexity index is 998. The molecule has 1 N–H and O–H groups in total. The van der Waals surface area contributed by atoms with Crippen LogP contribution in [0.4, 0.5) is 5.69 Å². The number of carbonyl (C=O) groups is 1. The lowest BCUT2D eigenvalue weighted by molar-refractivity contribution is -0.113. The third-order valence-electron chi connectivity index (χ3n) is 5.16. The van der Waals surface area contributed by atoms with Gasteiger partial charge in [0.25, 0.3) is 0 Å². The summed E-state index contributed by atoms with van der Waals surface area (Å²) in [5, 5.41) is 12.4. The van der Waals surface area contributed by atoms with E-state index in [-0.39, 0.29) is 5.91 Å². The molecule has 0 spiro atoms. The summed E-state index contributed by atoms with van der Waals surface area (Å²) >= 11 is 1.39. The van der Waals surface area contributed by atoms with Crippen LogP contribution in [0, 0.1) is 20.8 Å². The number of rotatable bonds is 8. The largest absolute Gasteiger partial charge is 0.325 e. The SMILES string of the molecule is CCCCc1ccc(NC(=O)CSc2ccc(-c3cc(C)c(C)cc3C)nn2)cc1. The summed E-state index contributed by atoms with van der Waals surface area (Å²) in [6, 6.07) is 16.3. The summed E-state index contributed by atoms with van der Waals surface area (Å²) in [4.78, 5) is 12.3. The summed E-state index contributed by atoms with van der Waals surface area (Å²) in [5.41, 5.74) is 7.79. The van der Waals surface area contributed by atoms with Gasteiger partial charge in [-0.25, -0.2) is 0 Å². The van der Waals surface area contributed by atoms with Gasteiger partial charge >= 0.3 is 0 Å². The second-order valence-electron chi connectivity index (χ2n) is 7.65. The van der Waals surface area contributed by atoms with Crippen LogP contribution in [0.3, 0.4) is 0 Å². The molecule has 1 aromatic heterocycles. The van der Waals surface area contributed by atoms with Crippen molar-refractivity contribution in [3.8, 4) is 11.3 Å². The number of amides is 1. The Balaban J connectivity index is 1.55. The summed E-state index contributed by atoms with van der Waals surface area (Å²) in [6.07, 6.45) is 3.45. The third-order valence-corrected chi connectivity index (χ3v) is 6.08. The normalized spacial score (nSPS) is 10.8. The van der Waals surface area contributed by atoms with Crippen molar-refractivity contribution < 1.29 is 4.79 Å². The maximum Gasteiger partial charge on any atom is 0.234 e. The molecule has 1 amide bonds. The van der Waals surface area contributed by atoms with Gasteiger partial charge in [-0.2, -0.15) is 0 Å². The van der Waals surface area contributed by atoms with Crippen LogP contribution in [-0.4, -0.2) is 21.9 Å². The lowest BCUT2D eigenvalue weighted by atomic mass is 9.99. The van der Waals surface area contributed by atoms with Gasteiger partial charge < -0.3 is 5.32 Å². The highest BCUT2D eigenvalue weighted by Gasteiger charge is 2.09. The van der Waals surface area contributed by atoms with Crippen molar-refractivity contribution in [3.05, 3.63) is 70.8 Å². The molecule has 3 rings (SSSR count). The van der Waals surface area contributed by atoms with Gasteiger partial charge in [0.15, 0.2) is 0 Å². The fourth-order valence-corrected chi connectivity index (χ4v) is 3.86. The molecule has 156 valence electrons. The molecule has 0 radical (unpaired) electrons. The zero-order valence-corrected chi connectivity index (χ0v) is 19.0. The number of hydrogen-bond acceptors (Lipinski definition) is 4. The molecular weight excluding hydrogens is 390 g/mol. The Morgan fingerprint density at radius 3 is 2.33 bits per heavy atom. The molecule has 1 heterocycles. The van der Waals surface area contributed by atoms with Crippen molar-refractivity contribution in [2.45, 2.75) is 52.0 Å². The summed E-state index contributed by atoms with van der Waals surface area (Å²) in [5.74, 6) is 0.256. The fraction of sp³-hybridized carbons (Fsp3) is 0.320. The number of aromatic nitrogens is 2. The van der Waals surface area contributed by atoms with Crippen molar-refractivity contribution in [3.63, 3.8) is 0 Å². The highest BCUT2D eigenvalue weighted by molar-refractivity contribution is 7.99. The van der Waals surface area contributed by atoms with Crippen molar-refractivity contribution in [1.82, 2.24) is 10.2 Å². The quantitative estimate of drug-likeness (QED) is 0.445. The minimum atomic E-state index is -0.0443. The molecule has 0 atom stereocenters. The number of unbranched alkanes of at least 4 members (excludes halogenated alkanes) is 1. The van der Waals surface area contributed by atoms with Crippen LogP contribution >= 0.6 is 11.8 Å². The Kier molecular flexibility index (Phi) is 7.63. The smallest absolute Gasteiger partial charge is 0.234 e. The zero-order chi connectivity index (χ0) is 21.5. The first-order chi connectivity index (χ1) is 14.5. The van der Waals surface area contributed by atoms with Gasteiger partial charge in [-0.15, -0.1) is 10.2 Å². The van der Waals surface area contributed by atoms with E-state index in [0.717, 1.165) is 28.4 Å². The molecule has 0 aliphatic rings. The van der Waals surface area contributed by atoms with E-state index in [9.17, 15) is 4.79 Å². The average molecular weight is 420 g/mol. The third kappa shape index (κ3) is 5.92. The number of hydrogen-bond donors (Lipinski definition) is 1. The van der Waals surface area contributed by atoms with E-state index < -0.39 is 0 Å². The number of nitrogens with one attached hydrogen (secondary N) is 1. The molecule has 0 saturated heterocycles. The maximum absolute atomic E-state index is 12.3. The van der Waals surface area contributed by atoms with Gasteiger partial charge in [0, 0.05) is 11.3 Å². The average Bonchev–Trinajstić information content (AvgIpc) is 2.75. The number of benzene rings is 2. The second-order valence-corrected chi connectivity index (χ2v) is 8.64. The first-order valence-electron chi connectivity index (χ1n) is 10.4. The van der Waals surface area contributed by atoms with Gasteiger partial charge in [-0.3, -0.25) is 4.79 Å². The lowest BCUT2D eigenvalue weighted by Gasteiger charge is -2.09. The monoisotopic (exact) mass is 419 g/mol. The van der Waals surface area contributed by atoms with Crippen LogP contribution in [0.1, 0.15) is 42.0 Å². The first-order valence-corrected chi connectivity index (χ1v) is 11.4. The molecule has 0 bridgehead atoms. The van der Waals surface area contributed by atoms with Gasteiger partial charge in [-0.05, 0) is 86.2 Å². The van der Waals surface area contributed by atoms with E-state index in [1.54, 1.807) is 0 Å². The molecule has 0 saturated carbocycles. The molecule has 0 unspecified atom stereocenters. The van der Waals surface area contributed by atoms with Crippen LogP contribution in [0.25, 0.3) is 11.3 Å². The highest BCUT2D eigenvalue weighted by atomic mass is 32.2. The fourth-order valence-electron chi connectivity index (χ4n) is 3.25. The Morgan fingerprint density at radius 1 is 0.933 bits per heavy atom. The molecule has 2 aromatic carbocycles. The van der Waals surface area contributed by atoms with Crippen molar-refractivity contribution in [1.29, 1.82) is 0 Å². The molecular formula is C25H29N3OS. The minimum Gasteiger partial charge on any atom is -0.325 e. The van der Waals surface area contributed by atoms with E-state index in [1.165, 1.54) is 46.9 Å². The predicted octanol–water partition coefficient (Wildman–Crippen LogP) is 6.14. The van der Waals surface area contributed by atoms with E-state index in [1.807, 2.05) is 24.3 Å². The van der Waals surface area contributed by atoms with Crippen molar-refractivity contribution in [2.24, 2.45) is 0 Å². The second kappa shape index (κ2) is 10.4. The Morgan fingerprint density at radius 2 is 1.67 bits per heavy atom. The molecule has 0 aliphatic heterocycles. The van der Waals surface area contributed by atoms with E-state index >= 15 is 0 Å². The Labute approximate surface area is 183 Å². The van der Waals surface area contributed by atoms with E-state index in [0.29, 0.717) is 5.75 Å². The van der Waals surface area contributed by atoms with Gasteiger partial charge in [0.05, 0.1) is 11.4 Å². The number of nitrogens with zero attached hydrogens (tertiary/aromatic N) is 2. The highest BCUT2D eigenvalue weighted by Crippen LogP contribution is 2.26. The van der Waals surface area contributed by atoms with Gasteiger partial charge in [-0.1, -0.05) is 43.3 Å². The summed E-state index contributed by atoms with van der Waals surface area (Å²) in [7, 11) is 0. The molecule has 30 heavy (non-hydrogen) atoms. The van der Waals surface area contributed by atoms with Gasteiger partial charge in [0.2, 0.25) is 5.91 Å². The summed E-state index contributed by atoms with van der Waals surface area (Å²) in [6.45, 7) is 8.50. The van der Waals surface area contributed by atoms with Crippen LogP contribution in [0.5, 0.6) is 0 Å². The number of thioether (sulfide) groups is 1. The summed E-state index contributed by atoms with van der Waals surface area (Å²) < 4.78 is 0. The minimum absolute atomic E-state index is 0.0443. The predicted molar refractivity (Wildman–Crippen MR) is 126 cm³/mol. The van der Waals surface area contributed by atoms with Crippen LogP contribution < -0.4 is 5.32 Å². The molecule has 5 heteroatoms. The molecule has 3 aromatic rings. The van der Waals surface area contributed by atoms with Crippen LogP contribution in [0.2, 0.25) is 0 Å². The zero-order valence-electron chi connectivity index (χ0n) is 18.2. The molecule has 0 aliphatic carbocycles. The van der Waals surface area contributed by atoms with Crippen molar-refractivity contribution >= 4 is 23.4 Å².